The van der Waals surface area contributed by atoms with Crippen molar-refractivity contribution >= 4 is 11.9 Å². The van der Waals surface area contributed by atoms with Crippen molar-refractivity contribution in [1.29, 1.82) is 0 Å². The van der Waals surface area contributed by atoms with Crippen LogP contribution in [0.25, 0.3) is 11.5 Å². The van der Waals surface area contributed by atoms with Crippen molar-refractivity contribution < 1.29 is 22.5 Å². The summed E-state index contributed by atoms with van der Waals surface area (Å²) in [5, 5.41) is 3.99. The van der Waals surface area contributed by atoms with Crippen LogP contribution in [0.4, 0.5) is 19.1 Å². The van der Waals surface area contributed by atoms with Crippen molar-refractivity contribution in [1.82, 2.24) is 15.0 Å². The lowest BCUT2D eigenvalue weighted by Crippen LogP contribution is -2.49. The molecule has 1 amide bonds. The summed E-state index contributed by atoms with van der Waals surface area (Å²) in [6.07, 6.45) is -4.48. The second kappa shape index (κ2) is 7.57. The molecule has 0 unspecified atom stereocenters. The summed E-state index contributed by atoms with van der Waals surface area (Å²) in [6, 6.07) is 13.9. The normalized spacial score (nSPS) is 14.9. The number of hydrogen-bond acceptors (Lipinski definition) is 5. The third kappa shape index (κ3) is 4.08. The Morgan fingerprint density at radius 1 is 0.966 bits per heavy atom. The van der Waals surface area contributed by atoms with Crippen LogP contribution in [0.3, 0.4) is 0 Å². The molecule has 0 bridgehead atoms. The Labute approximate surface area is 164 Å². The van der Waals surface area contributed by atoms with Crippen LogP contribution in [0.1, 0.15) is 15.9 Å². The van der Waals surface area contributed by atoms with Crippen molar-refractivity contribution in [2.75, 3.05) is 31.1 Å². The number of halogens is 3. The lowest BCUT2D eigenvalue weighted by molar-refractivity contribution is -0.137. The zero-order chi connectivity index (χ0) is 20.4. The maximum absolute atomic E-state index is 12.9. The number of benzene rings is 2. The van der Waals surface area contributed by atoms with Crippen LogP contribution in [-0.2, 0) is 6.18 Å². The van der Waals surface area contributed by atoms with Gasteiger partial charge in [0.25, 0.3) is 17.7 Å². The summed E-state index contributed by atoms with van der Waals surface area (Å²) >= 11 is 0. The standard InChI is InChI=1S/C20H17F3N4O2/c21-20(22,23)16-8-4-7-15(13-16)18(28)26-9-11-27(12-10-26)19-24-17(29-25-19)14-5-2-1-3-6-14/h1-8,13H,9-12H2. The molecule has 150 valence electrons. The zero-order valence-corrected chi connectivity index (χ0v) is 15.3. The van der Waals surface area contributed by atoms with Gasteiger partial charge in [-0.3, -0.25) is 4.79 Å². The highest BCUT2D eigenvalue weighted by atomic mass is 19.4. The van der Waals surface area contributed by atoms with Crippen molar-refractivity contribution in [3.8, 4) is 11.5 Å². The first-order chi connectivity index (χ1) is 13.9. The minimum absolute atomic E-state index is 0.0270. The number of amides is 1. The maximum atomic E-state index is 12.9. The summed E-state index contributed by atoms with van der Waals surface area (Å²) in [6.45, 7) is 1.62. The van der Waals surface area contributed by atoms with E-state index in [1.807, 2.05) is 35.2 Å². The number of piperazine rings is 1. The quantitative estimate of drug-likeness (QED) is 0.668. The number of carbonyl (C=O) groups excluding carboxylic acids is 1. The highest BCUT2D eigenvalue weighted by Crippen LogP contribution is 2.30. The largest absolute Gasteiger partial charge is 0.416 e. The first-order valence-electron chi connectivity index (χ1n) is 9.02. The van der Waals surface area contributed by atoms with Crippen LogP contribution >= 0.6 is 0 Å². The van der Waals surface area contributed by atoms with Crippen LogP contribution in [0, 0.1) is 0 Å². The van der Waals surface area contributed by atoms with E-state index in [4.69, 9.17) is 4.52 Å². The number of aromatic nitrogens is 2. The van der Waals surface area contributed by atoms with Crippen molar-refractivity contribution in [3.05, 3.63) is 65.7 Å². The average Bonchev–Trinajstić information content (AvgIpc) is 3.24. The van der Waals surface area contributed by atoms with Crippen LogP contribution < -0.4 is 4.90 Å². The van der Waals surface area contributed by atoms with E-state index in [-0.39, 0.29) is 5.56 Å². The fourth-order valence-corrected chi connectivity index (χ4v) is 3.16. The topological polar surface area (TPSA) is 62.5 Å². The lowest BCUT2D eigenvalue weighted by atomic mass is 10.1. The number of alkyl halides is 3. The van der Waals surface area contributed by atoms with Crippen molar-refractivity contribution in [3.63, 3.8) is 0 Å². The Bertz CT molecular complexity index is 996. The molecule has 4 rings (SSSR count). The maximum Gasteiger partial charge on any atom is 0.416 e. The van der Waals surface area contributed by atoms with Crippen LogP contribution in [0.2, 0.25) is 0 Å². The SMILES string of the molecule is O=C(c1cccc(C(F)(F)F)c1)N1CCN(c2noc(-c3ccccc3)n2)CC1. The molecule has 6 nitrogen and oxygen atoms in total. The average molecular weight is 402 g/mol. The molecule has 1 fully saturated rings. The third-order valence-electron chi connectivity index (χ3n) is 4.72. The second-order valence-corrected chi connectivity index (χ2v) is 6.62. The molecule has 0 saturated carbocycles. The zero-order valence-electron chi connectivity index (χ0n) is 15.3. The summed E-state index contributed by atoms with van der Waals surface area (Å²) in [7, 11) is 0. The molecule has 9 heteroatoms. The van der Waals surface area contributed by atoms with Crippen LogP contribution in [0.5, 0.6) is 0 Å². The van der Waals surface area contributed by atoms with E-state index in [2.05, 4.69) is 10.1 Å². The smallest absolute Gasteiger partial charge is 0.335 e. The van der Waals surface area contributed by atoms with Gasteiger partial charge in [0, 0.05) is 37.3 Å². The van der Waals surface area contributed by atoms with Gasteiger partial charge in [-0.05, 0) is 35.5 Å². The van der Waals surface area contributed by atoms with Gasteiger partial charge in [0.1, 0.15) is 0 Å². The van der Waals surface area contributed by atoms with Gasteiger partial charge in [0.15, 0.2) is 0 Å². The van der Waals surface area contributed by atoms with Crippen LogP contribution in [0.15, 0.2) is 59.1 Å². The molecule has 0 spiro atoms. The van der Waals surface area contributed by atoms with Gasteiger partial charge in [-0.25, -0.2) is 0 Å². The molecule has 1 saturated heterocycles. The fourth-order valence-electron chi connectivity index (χ4n) is 3.16. The first-order valence-corrected chi connectivity index (χ1v) is 9.02. The molecule has 0 atom stereocenters. The molecule has 1 aliphatic heterocycles. The Kier molecular flexibility index (Phi) is 4.96. The van der Waals surface area contributed by atoms with E-state index in [9.17, 15) is 18.0 Å². The van der Waals surface area contributed by atoms with Gasteiger partial charge in [-0.2, -0.15) is 18.2 Å². The molecule has 0 radical (unpaired) electrons. The molecule has 29 heavy (non-hydrogen) atoms. The van der Waals surface area contributed by atoms with Gasteiger partial charge in [0.2, 0.25) is 0 Å². The predicted octanol–water partition coefficient (Wildman–Crippen LogP) is 3.72. The van der Waals surface area contributed by atoms with Crippen molar-refractivity contribution in [2.24, 2.45) is 0 Å². The van der Waals surface area contributed by atoms with E-state index in [0.29, 0.717) is 38.0 Å². The molecule has 2 heterocycles. The number of rotatable bonds is 3. The van der Waals surface area contributed by atoms with Gasteiger partial charge in [0.05, 0.1) is 5.56 Å². The van der Waals surface area contributed by atoms with E-state index in [1.54, 1.807) is 0 Å². The van der Waals surface area contributed by atoms with E-state index < -0.39 is 17.6 Å². The Morgan fingerprint density at radius 3 is 2.38 bits per heavy atom. The molecule has 1 aromatic heterocycles. The van der Waals surface area contributed by atoms with Gasteiger partial charge in [-0.15, -0.1) is 0 Å². The van der Waals surface area contributed by atoms with E-state index in [1.165, 1.54) is 17.0 Å². The number of anilines is 1. The predicted molar refractivity (Wildman–Crippen MR) is 99.3 cm³/mol. The van der Waals surface area contributed by atoms with Gasteiger partial charge >= 0.3 is 6.18 Å². The fraction of sp³-hybridized carbons (Fsp3) is 0.250. The van der Waals surface area contributed by atoms with E-state index >= 15 is 0 Å². The third-order valence-corrected chi connectivity index (χ3v) is 4.72. The highest BCUT2D eigenvalue weighted by molar-refractivity contribution is 5.94. The molecule has 3 aromatic rings. The van der Waals surface area contributed by atoms with Crippen LogP contribution in [-0.4, -0.2) is 47.1 Å². The number of carbonyl (C=O) groups is 1. The summed E-state index contributed by atoms with van der Waals surface area (Å²) < 4.78 is 44.0. The monoisotopic (exact) mass is 402 g/mol. The number of hydrogen-bond donors (Lipinski definition) is 0. The van der Waals surface area contributed by atoms with E-state index in [0.717, 1.165) is 17.7 Å². The number of nitrogens with zero attached hydrogens (tertiary/aromatic N) is 4. The second-order valence-electron chi connectivity index (χ2n) is 6.62. The summed E-state index contributed by atoms with van der Waals surface area (Å²) in [5.74, 6) is 0.409. The minimum Gasteiger partial charge on any atom is -0.335 e. The Balaban J connectivity index is 1.41. The summed E-state index contributed by atoms with van der Waals surface area (Å²) in [4.78, 5) is 20.4. The minimum atomic E-state index is -4.48. The molecule has 0 N–H and O–H groups in total. The van der Waals surface area contributed by atoms with Gasteiger partial charge in [-0.1, -0.05) is 24.3 Å². The Morgan fingerprint density at radius 2 is 1.69 bits per heavy atom. The highest BCUT2D eigenvalue weighted by Gasteiger charge is 2.32. The van der Waals surface area contributed by atoms with Crippen molar-refractivity contribution in [2.45, 2.75) is 6.18 Å². The molecule has 2 aromatic carbocycles. The molecule has 1 aliphatic rings. The first kappa shape index (κ1) is 19.0. The molecule has 0 aliphatic carbocycles. The molecular formula is C20H17F3N4O2. The summed E-state index contributed by atoms with van der Waals surface area (Å²) in [5.41, 5.74) is 0.00559. The molecular weight excluding hydrogens is 385 g/mol. The van der Waals surface area contributed by atoms with Gasteiger partial charge < -0.3 is 14.3 Å². The lowest BCUT2D eigenvalue weighted by Gasteiger charge is -2.34. The Hall–Kier alpha value is -3.36.